The molecule has 11 heavy (non-hydrogen) atoms. The van der Waals surface area contributed by atoms with Crippen molar-refractivity contribution in [2.24, 2.45) is 0 Å². The Kier molecular flexibility index (Phi) is 4.49. The fraction of sp³-hybridized carbons (Fsp3) is 0.500. The van der Waals surface area contributed by atoms with Crippen LogP contribution in [0.1, 0.15) is 6.92 Å². The molecular formula is C6H9N3O2. The van der Waals surface area contributed by atoms with Crippen molar-refractivity contribution in [1.82, 2.24) is 10.6 Å². The third-order valence-corrected chi connectivity index (χ3v) is 0.872. The zero-order chi connectivity index (χ0) is 8.69. The van der Waals surface area contributed by atoms with Crippen LogP contribution in [-0.2, 0) is 9.59 Å². The number of carbonyl (C=O) groups is 2. The van der Waals surface area contributed by atoms with Gasteiger partial charge in [0.2, 0.25) is 0 Å². The van der Waals surface area contributed by atoms with Crippen molar-refractivity contribution in [3.8, 4) is 6.07 Å². The van der Waals surface area contributed by atoms with Crippen LogP contribution < -0.4 is 10.6 Å². The Morgan fingerprint density at radius 3 is 2.36 bits per heavy atom. The number of nitrogens with one attached hydrogen (secondary N) is 2. The lowest BCUT2D eigenvalue weighted by Crippen LogP contribution is -2.39. The van der Waals surface area contributed by atoms with Gasteiger partial charge < -0.3 is 10.6 Å². The van der Waals surface area contributed by atoms with Crippen molar-refractivity contribution in [3.05, 3.63) is 0 Å². The molecule has 0 saturated carbocycles. The first kappa shape index (κ1) is 9.43. The van der Waals surface area contributed by atoms with Crippen LogP contribution in [0.5, 0.6) is 0 Å². The quantitative estimate of drug-likeness (QED) is 0.386. The van der Waals surface area contributed by atoms with Crippen molar-refractivity contribution in [2.75, 3.05) is 13.1 Å². The zero-order valence-electron chi connectivity index (χ0n) is 6.18. The van der Waals surface area contributed by atoms with Crippen molar-refractivity contribution < 1.29 is 9.59 Å². The van der Waals surface area contributed by atoms with Gasteiger partial charge in [-0.25, -0.2) is 0 Å². The highest BCUT2D eigenvalue weighted by atomic mass is 16.2. The zero-order valence-corrected chi connectivity index (χ0v) is 6.18. The molecule has 0 bridgehead atoms. The molecule has 0 rings (SSSR count). The number of nitrogens with zero attached hydrogens (tertiary/aromatic N) is 1. The summed E-state index contributed by atoms with van der Waals surface area (Å²) >= 11 is 0. The Balaban J connectivity index is 3.67. The highest BCUT2D eigenvalue weighted by molar-refractivity contribution is 6.35. The van der Waals surface area contributed by atoms with E-state index in [1.807, 2.05) is 0 Å². The normalized spacial score (nSPS) is 8.00. The number of likely N-dealkylation sites (N-methyl/N-ethyl adjacent to an activating group) is 1. The summed E-state index contributed by atoms with van der Waals surface area (Å²) in [5.41, 5.74) is 0. The van der Waals surface area contributed by atoms with E-state index in [0.717, 1.165) is 0 Å². The standard InChI is InChI=1S/C6H9N3O2/c1-2-8-5(10)6(11)9-4-3-7/h2,4H2,1H3,(H,8,10)(H,9,11). The fourth-order valence-corrected chi connectivity index (χ4v) is 0.441. The number of amides is 2. The average molecular weight is 155 g/mol. The van der Waals surface area contributed by atoms with Gasteiger partial charge in [0.1, 0.15) is 6.54 Å². The SMILES string of the molecule is CCNC(=O)C(=O)NCC#N. The van der Waals surface area contributed by atoms with Crippen LogP contribution in [0.15, 0.2) is 0 Å². The molecule has 0 aromatic heterocycles. The smallest absolute Gasteiger partial charge is 0.310 e. The Bertz CT molecular complexity index is 194. The molecule has 0 fully saturated rings. The lowest BCUT2D eigenvalue weighted by Gasteiger charge is -1.99. The summed E-state index contributed by atoms with van der Waals surface area (Å²) in [6, 6.07) is 1.68. The predicted molar refractivity (Wildman–Crippen MR) is 37.3 cm³/mol. The van der Waals surface area contributed by atoms with Gasteiger partial charge in [-0.15, -0.1) is 0 Å². The molecule has 0 unspecified atom stereocenters. The van der Waals surface area contributed by atoms with Gasteiger partial charge in [0.05, 0.1) is 6.07 Å². The van der Waals surface area contributed by atoms with E-state index in [-0.39, 0.29) is 6.54 Å². The first-order valence-electron chi connectivity index (χ1n) is 3.15. The van der Waals surface area contributed by atoms with E-state index in [4.69, 9.17) is 5.26 Å². The average Bonchev–Trinajstić information content (AvgIpc) is 2.00. The number of nitriles is 1. The van der Waals surface area contributed by atoms with Crippen LogP contribution in [-0.4, -0.2) is 24.9 Å². The molecular weight excluding hydrogens is 146 g/mol. The van der Waals surface area contributed by atoms with E-state index in [1.165, 1.54) is 0 Å². The third-order valence-electron chi connectivity index (χ3n) is 0.872. The summed E-state index contributed by atoms with van der Waals surface area (Å²) in [4.78, 5) is 21.2. The Morgan fingerprint density at radius 2 is 1.91 bits per heavy atom. The molecule has 0 aliphatic heterocycles. The summed E-state index contributed by atoms with van der Waals surface area (Å²) in [5, 5.41) is 12.4. The van der Waals surface area contributed by atoms with Crippen LogP contribution in [0.2, 0.25) is 0 Å². The van der Waals surface area contributed by atoms with E-state index in [1.54, 1.807) is 13.0 Å². The van der Waals surface area contributed by atoms with Gasteiger partial charge in [-0.1, -0.05) is 0 Å². The first-order valence-corrected chi connectivity index (χ1v) is 3.15. The molecule has 0 aromatic rings. The summed E-state index contributed by atoms with van der Waals surface area (Å²) in [6.07, 6.45) is 0. The minimum atomic E-state index is -0.770. The molecule has 0 aliphatic rings. The molecule has 0 atom stereocenters. The second-order valence-corrected chi connectivity index (χ2v) is 1.70. The highest BCUT2D eigenvalue weighted by Gasteiger charge is 2.09. The molecule has 0 radical (unpaired) electrons. The van der Waals surface area contributed by atoms with Gasteiger partial charge in [0.25, 0.3) is 0 Å². The van der Waals surface area contributed by atoms with Crippen molar-refractivity contribution in [1.29, 1.82) is 5.26 Å². The molecule has 0 heterocycles. The van der Waals surface area contributed by atoms with Gasteiger partial charge in [0, 0.05) is 6.54 Å². The maximum absolute atomic E-state index is 10.6. The van der Waals surface area contributed by atoms with E-state index in [2.05, 4.69) is 10.6 Å². The van der Waals surface area contributed by atoms with Crippen molar-refractivity contribution >= 4 is 11.8 Å². The predicted octanol–water partition coefficient (Wildman–Crippen LogP) is -1.24. The van der Waals surface area contributed by atoms with E-state index in [9.17, 15) is 9.59 Å². The largest absolute Gasteiger partial charge is 0.348 e. The fourth-order valence-electron chi connectivity index (χ4n) is 0.441. The molecule has 60 valence electrons. The number of hydrogen-bond donors (Lipinski definition) is 2. The molecule has 5 nitrogen and oxygen atoms in total. The molecule has 2 amide bonds. The van der Waals surface area contributed by atoms with Crippen LogP contribution >= 0.6 is 0 Å². The molecule has 2 N–H and O–H groups in total. The molecule has 5 heteroatoms. The Hall–Kier alpha value is -1.57. The molecule has 0 aromatic carbocycles. The monoisotopic (exact) mass is 155 g/mol. The van der Waals surface area contributed by atoms with Crippen LogP contribution in [0.4, 0.5) is 0 Å². The minimum Gasteiger partial charge on any atom is -0.348 e. The maximum atomic E-state index is 10.6. The second kappa shape index (κ2) is 5.23. The number of carbonyl (C=O) groups excluding carboxylic acids is 2. The van der Waals surface area contributed by atoms with Crippen LogP contribution in [0.3, 0.4) is 0 Å². The topological polar surface area (TPSA) is 82.0 Å². The molecule has 0 saturated heterocycles. The van der Waals surface area contributed by atoms with Gasteiger partial charge in [-0.05, 0) is 6.92 Å². The summed E-state index contributed by atoms with van der Waals surface area (Å²) in [5.74, 6) is -1.48. The third kappa shape index (κ3) is 3.92. The van der Waals surface area contributed by atoms with Crippen LogP contribution in [0.25, 0.3) is 0 Å². The second-order valence-electron chi connectivity index (χ2n) is 1.70. The summed E-state index contributed by atoms with van der Waals surface area (Å²) in [6.45, 7) is 1.96. The van der Waals surface area contributed by atoms with Gasteiger partial charge in [-0.3, -0.25) is 9.59 Å². The highest BCUT2D eigenvalue weighted by Crippen LogP contribution is 1.66. The van der Waals surface area contributed by atoms with E-state index < -0.39 is 11.8 Å². The number of rotatable bonds is 2. The van der Waals surface area contributed by atoms with Gasteiger partial charge in [-0.2, -0.15) is 5.26 Å². The van der Waals surface area contributed by atoms with Gasteiger partial charge >= 0.3 is 11.8 Å². The van der Waals surface area contributed by atoms with Gasteiger partial charge in [0.15, 0.2) is 0 Å². The Morgan fingerprint density at radius 1 is 1.36 bits per heavy atom. The lowest BCUT2D eigenvalue weighted by molar-refractivity contribution is -0.138. The minimum absolute atomic E-state index is 0.143. The lowest BCUT2D eigenvalue weighted by atomic mass is 10.5. The Labute approximate surface area is 64.4 Å². The van der Waals surface area contributed by atoms with E-state index in [0.29, 0.717) is 6.54 Å². The molecule has 0 aliphatic carbocycles. The summed E-state index contributed by atoms with van der Waals surface area (Å²) < 4.78 is 0. The van der Waals surface area contributed by atoms with E-state index >= 15 is 0 Å². The maximum Gasteiger partial charge on any atom is 0.310 e. The number of hydrogen-bond acceptors (Lipinski definition) is 3. The first-order chi connectivity index (χ1) is 5.22. The van der Waals surface area contributed by atoms with Crippen molar-refractivity contribution in [3.63, 3.8) is 0 Å². The summed E-state index contributed by atoms with van der Waals surface area (Å²) in [7, 11) is 0. The molecule has 0 spiro atoms. The van der Waals surface area contributed by atoms with Crippen molar-refractivity contribution in [2.45, 2.75) is 6.92 Å². The van der Waals surface area contributed by atoms with Crippen LogP contribution in [0, 0.1) is 11.3 Å².